The molecule has 0 aliphatic heterocycles. The largest absolute Gasteiger partial charge is 0.454 e. The predicted molar refractivity (Wildman–Crippen MR) is 91.8 cm³/mol. The number of ether oxygens (including phenoxy) is 1. The maximum atomic E-state index is 11.5. The lowest BCUT2D eigenvalue weighted by molar-refractivity contribution is 0.282. The van der Waals surface area contributed by atoms with Crippen LogP contribution in [-0.4, -0.2) is 19.8 Å². The summed E-state index contributed by atoms with van der Waals surface area (Å²) < 4.78 is 31.0. The monoisotopic (exact) mass is 376 g/mol. The highest BCUT2D eigenvalue weighted by molar-refractivity contribution is 7.92. The molecule has 0 unspecified atom stereocenters. The number of rotatable bonds is 5. The number of halogens is 2. The topological polar surface area (TPSA) is 102 Å². The Labute approximate surface area is 143 Å². The van der Waals surface area contributed by atoms with Gasteiger partial charge in [-0.2, -0.15) is 0 Å². The summed E-state index contributed by atoms with van der Waals surface area (Å²) in [5, 5.41) is 9.96. The molecule has 23 heavy (non-hydrogen) atoms. The van der Waals surface area contributed by atoms with E-state index in [0.717, 1.165) is 6.26 Å². The van der Waals surface area contributed by atoms with Crippen LogP contribution in [0.25, 0.3) is 0 Å². The Bertz CT molecular complexity index is 841. The smallest absolute Gasteiger partial charge is 0.229 e. The standard InChI is InChI=1S/C14H14Cl2N2O4S/c1-23(20,21)18-12-4-8(7-19)11(17)6-14(12)22-13-3-2-9(15)5-10(13)16/h2-6,18-19H,7,17H2,1H3. The Morgan fingerprint density at radius 3 is 2.48 bits per heavy atom. The third kappa shape index (κ3) is 4.65. The van der Waals surface area contributed by atoms with Crippen LogP contribution in [0.3, 0.4) is 0 Å². The first-order valence-electron chi connectivity index (χ1n) is 6.33. The fourth-order valence-electron chi connectivity index (χ4n) is 1.82. The minimum Gasteiger partial charge on any atom is -0.454 e. The summed E-state index contributed by atoms with van der Waals surface area (Å²) in [4.78, 5) is 0. The van der Waals surface area contributed by atoms with E-state index >= 15 is 0 Å². The van der Waals surface area contributed by atoms with Crippen LogP contribution >= 0.6 is 23.2 Å². The molecule has 0 radical (unpaired) electrons. The fraction of sp³-hybridized carbons (Fsp3) is 0.143. The molecule has 124 valence electrons. The van der Waals surface area contributed by atoms with E-state index in [-0.39, 0.29) is 34.5 Å². The Morgan fingerprint density at radius 2 is 1.91 bits per heavy atom. The van der Waals surface area contributed by atoms with Crippen molar-refractivity contribution in [2.24, 2.45) is 0 Å². The third-order valence-electron chi connectivity index (χ3n) is 2.82. The molecular weight excluding hydrogens is 363 g/mol. The van der Waals surface area contributed by atoms with Gasteiger partial charge in [-0.25, -0.2) is 8.42 Å². The molecule has 0 aliphatic carbocycles. The highest BCUT2D eigenvalue weighted by Gasteiger charge is 2.14. The molecule has 0 fully saturated rings. The molecular formula is C14H14Cl2N2O4S. The molecule has 0 aliphatic rings. The minimum atomic E-state index is -3.55. The lowest BCUT2D eigenvalue weighted by Crippen LogP contribution is -2.11. The number of sulfonamides is 1. The van der Waals surface area contributed by atoms with Gasteiger partial charge in [-0.15, -0.1) is 0 Å². The predicted octanol–water partition coefficient (Wildman–Crippen LogP) is 3.23. The SMILES string of the molecule is CS(=O)(=O)Nc1cc(CO)c(N)cc1Oc1ccc(Cl)cc1Cl. The van der Waals surface area contributed by atoms with Crippen LogP contribution in [0.15, 0.2) is 30.3 Å². The summed E-state index contributed by atoms with van der Waals surface area (Å²) in [7, 11) is -3.55. The van der Waals surface area contributed by atoms with Gasteiger partial charge in [-0.05, 0) is 24.3 Å². The first-order valence-corrected chi connectivity index (χ1v) is 8.98. The average molecular weight is 377 g/mol. The van der Waals surface area contributed by atoms with Gasteiger partial charge in [0.1, 0.15) is 5.75 Å². The average Bonchev–Trinajstić information content (AvgIpc) is 2.43. The van der Waals surface area contributed by atoms with Crippen molar-refractivity contribution in [2.45, 2.75) is 6.61 Å². The molecule has 0 spiro atoms. The van der Waals surface area contributed by atoms with Crippen LogP contribution in [0, 0.1) is 0 Å². The second kappa shape index (κ2) is 6.84. The maximum Gasteiger partial charge on any atom is 0.229 e. The van der Waals surface area contributed by atoms with E-state index < -0.39 is 10.0 Å². The minimum absolute atomic E-state index is 0.136. The van der Waals surface area contributed by atoms with Gasteiger partial charge in [0.05, 0.1) is 23.6 Å². The van der Waals surface area contributed by atoms with Gasteiger partial charge in [-0.3, -0.25) is 4.72 Å². The van der Waals surface area contributed by atoms with E-state index in [1.807, 2.05) is 0 Å². The van der Waals surface area contributed by atoms with E-state index in [1.165, 1.54) is 18.2 Å². The number of hydrogen-bond donors (Lipinski definition) is 3. The van der Waals surface area contributed by atoms with Crippen molar-refractivity contribution in [3.8, 4) is 11.5 Å². The van der Waals surface area contributed by atoms with Crippen molar-refractivity contribution in [3.63, 3.8) is 0 Å². The molecule has 4 N–H and O–H groups in total. The molecule has 0 bridgehead atoms. The van der Waals surface area contributed by atoms with Gasteiger partial charge in [-0.1, -0.05) is 23.2 Å². The van der Waals surface area contributed by atoms with E-state index in [1.54, 1.807) is 12.1 Å². The number of anilines is 2. The van der Waals surface area contributed by atoms with Crippen LogP contribution in [0.4, 0.5) is 11.4 Å². The zero-order valence-corrected chi connectivity index (χ0v) is 14.3. The molecule has 0 saturated carbocycles. The van der Waals surface area contributed by atoms with Crippen molar-refractivity contribution < 1.29 is 18.3 Å². The van der Waals surface area contributed by atoms with Gasteiger partial charge >= 0.3 is 0 Å². The molecule has 2 aromatic carbocycles. The molecule has 0 aromatic heterocycles. The number of nitrogen functional groups attached to an aromatic ring is 1. The van der Waals surface area contributed by atoms with Crippen molar-refractivity contribution in [1.29, 1.82) is 0 Å². The molecule has 0 saturated heterocycles. The second-order valence-electron chi connectivity index (χ2n) is 4.76. The number of nitrogens with two attached hydrogens (primary N) is 1. The molecule has 0 heterocycles. The summed E-state index contributed by atoms with van der Waals surface area (Å²) in [6.07, 6.45) is 1.00. The molecule has 0 amide bonds. The van der Waals surface area contributed by atoms with Gasteiger partial charge in [0.2, 0.25) is 10.0 Å². The lowest BCUT2D eigenvalue weighted by Gasteiger charge is -2.15. The van der Waals surface area contributed by atoms with E-state index in [0.29, 0.717) is 10.6 Å². The van der Waals surface area contributed by atoms with Crippen molar-refractivity contribution >= 4 is 44.6 Å². The van der Waals surface area contributed by atoms with Crippen LogP contribution in [-0.2, 0) is 16.6 Å². The lowest BCUT2D eigenvalue weighted by atomic mass is 10.1. The van der Waals surface area contributed by atoms with Gasteiger partial charge in [0, 0.05) is 22.3 Å². The van der Waals surface area contributed by atoms with Crippen molar-refractivity contribution in [3.05, 3.63) is 45.9 Å². The number of benzene rings is 2. The van der Waals surface area contributed by atoms with Crippen LogP contribution in [0.1, 0.15) is 5.56 Å². The molecule has 2 aromatic rings. The Morgan fingerprint density at radius 1 is 1.22 bits per heavy atom. The van der Waals surface area contributed by atoms with Crippen molar-refractivity contribution in [1.82, 2.24) is 0 Å². The molecule has 6 nitrogen and oxygen atoms in total. The Hall–Kier alpha value is -1.67. The normalized spacial score (nSPS) is 11.3. The summed E-state index contributed by atoms with van der Waals surface area (Å²) in [5.74, 6) is 0.429. The summed E-state index contributed by atoms with van der Waals surface area (Å²) in [5.41, 5.74) is 6.57. The first-order chi connectivity index (χ1) is 10.7. The summed E-state index contributed by atoms with van der Waals surface area (Å²) >= 11 is 11.9. The summed E-state index contributed by atoms with van der Waals surface area (Å²) in [6, 6.07) is 7.43. The number of hydrogen-bond acceptors (Lipinski definition) is 5. The third-order valence-corrected chi connectivity index (χ3v) is 3.94. The van der Waals surface area contributed by atoms with Crippen LogP contribution in [0.2, 0.25) is 10.0 Å². The van der Waals surface area contributed by atoms with E-state index in [2.05, 4.69) is 4.72 Å². The molecule has 0 atom stereocenters. The number of nitrogens with one attached hydrogen (secondary N) is 1. The molecule has 9 heteroatoms. The quantitative estimate of drug-likeness (QED) is 0.695. The maximum absolute atomic E-state index is 11.5. The van der Waals surface area contributed by atoms with Gasteiger partial charge < -0.3 is 15.6 Å². The fourth-order valence-corrected chi connectivity index (χ4v) is 2.82. The Kier molecular flexibility index (Phi) is 5.26. The highest BCUT2D eigenvalue weighted by Crippen LogP contribution is 2.37. The highest BCUT2D eigenvalue weighted by atomic mass is 35.5. The van der Waals surface area contributed by atoms with Crippen LogP contribution in [0.5, 0.6) is 11.5 Å². The zero-order valence-electron chi connectivity index (χ0n) is 12.0. The first kappa shape index (κ1) is 17.7. The van der Waals surface area contributed by atoms with E-state index in [9.17, 15) is 13.5 Å². The molecule has 2 rings (SSSR count). The van der Waals surface area contributed by atoms with Crippen LogP contribution < -0.4 is 15.2 Å². The van der Waals surface area contributed by atoms with Crippen molar-refractivity contribution in [2.75, 3.05) is 16.7 Å². The number of aliphatic hydroxyl groups is 1. The summed E-state index contributed by atoms with van der Waals surface area (Å²) in [6.45, 7) is -0.341. The van der Waals surface area contributed by atoms with Gasteiger partial charge in [0.15, 0.2) is 5.75 Å². The number of aliphatic hydroxyl groups excluding tert-OH is 1. The Balaban J connectivity index is 2.49. The zero-order chi connectivity index (χ0) is 17.2. The second-order valence-corrected chi connectivity index (χ2v) is 7.35. The van der Waals surface area contributed by atoms with Gasteiger partial charge in [0.25, 0.3) is 0 Å². The van der Waals surface area contributed by atoms with E-state index in [4.69, 9.17) is 33.7 Å².